The Bertz CT molecular complexity index is 372. The molecule has 0 bridgehead atoms. The molecule has 0 amide bonds. The number of nitrogens with zero attached hydrogens (tertiary/aromatic N) is 2. The largest absolute Gasteiger partial charge is 0.325 e. The second-order valence-corrected chi connectivity index (χ2v) is 5.32. The van der Waals surface area contributed by atoms with Gasteiger partial charge in [-0.3, -0.25) is 4.68 Å². The molecule has 15 heavy (non-hydrogen) atoms. The van der Waals surface area contributed by atoms with Gasteiger partial charge in [-0.25, -0.2) is 0 Å². The van der Waals surface area contributed by atoms with Crippen LogP contribution in [-0.2, 0) is 13.5 Å². The van der Waals surface area contributed by atoms with Crippen LogP contribution < -0.4 is 5.73 Å². The summed E-state index contributed by atoms with van der Waals surface area (Å²) in [5.41, 5.74) is 8.92. The predicted octanol–water partition coefficient (Wildman–Crippen LogP) is 1.72. The van der Waals surface area contributed by atoms with E-state index in [1.807, 2.05) is 4.68 Å². The first kappa shape index (κ1) is 9.40. The van der Waals surface area contributed by atoms with Gasteiger partial charge in [0.25, 0.3) is 0 Å². The van der Waals surface area contributed by atoms with Crippen LogP contribution in [0.4, 0.5) is 0 Å². The highest BCUT2D eigenvalue weighted by molar-refractivity contribution is 5.19. The summed E-state index contributed by atoms with van der Waals surface area (Å²) in [5.74, 6) is 0.762. The van der Waals surface area contributed by atoms with Crippen molar-refractivity contribution in [3.63, 3.8) is 0 Å². The van der Waals surface area contributed by atoms with Crippen molar-refractivity contribution in [2.24, 2.45) is 12.8 Å². The second kappa shape index (κ2) is 3.08. The van der Waals surface area contributed by atoms with Gasteiger partial charge >= 0.3 is 0 Å². The highest BCUT2D eigenvalue weighted by atomic mass is 15.3. The van der Waals surface area contributed by atoms with E-state index in [1.54, 1.807) is 0 Å². The van der Waals surface area contributed by atoms with Crippen LogP contribution in [0.1, 0.15) is 49.4 Å². The average Bonchev–Trinajstić information content (AvgIpc) is 3.09. The summed E-state index contributed by atoms with van der Waals surface area (Å²) < 4.78 is 2.04. The summed E-state index contributed by atoms with van der Waals surface area (Å²) in [6.07, 6.45) is 7.29. The second-order valence-electron chi connectivity index (χ2n) is 5.32. The van der Waals surface area contributed by atoms with Gasteiger partial charge in [0.15, 0.2) is 0 Å². The smallest absolute Gasteiger partial charge is 0.0658 e. The molecular formula is C12H19N3. The maximum atomic E-state index is 6.09. The van der Waals surface area contributed by atoms with Gasteiger partial charge in [-0.1, -0.05) is 0 Å². The van der Waals surface area contributed by atoms with Crippen molar-refractivity contribution in [2.45, 2.75) is 50.0 Å². The third kappa shape index (κ3) is 1.93. The van der Waals surface area contributed by atoms with Crippen molar-refractivity contribution < 1.29 is 0 Å². The molecule has 1 aromatic heterocycles. The first-order valence-electron chi connectivity index (χ1n) is 5.98. The maximum Gasteiger partial charge on any atom is 0.0658 e. The van der Waals surface area contributed by atoms with E-state index in [4.69, 9.17) is 5.73 Å². The van der Waals surface area contributed by atoms with Crippen molar-refractivity contribution in [3.8, 4) is 0 Å². The molecule has 2 aliphatic rings. The lowest BCUT2D eigenvalue weighted by atomic mass is 10.1. The first-order valence-corrected chi connectivity index (χ1v) is 5.98. The molecule has 2 fully saturated rings. The van der Waals surface area contributed by atoms with Gasteiger partial charge in [0.1, 0.15) is 0 Å². The molecule has 0 aliphatic heterocycles. The molecule has 1 heterocycles. The summed E-state index contributed by atoms with van der Waals surface area (Å²) in [6, 6.07) is 2.28. The molecule has 0 radical (unpaired) electrons. The number of aromatic nitrogens is 2. The first-order chi connectivity index (χ1) is 7.16. The van der Waals surface area contributed by atoms with Gasteiger partial charge in [0.2, 0.25) is 0 Å². The Balaban J connectivity index is 1.67. The van der Waals surface area contributed by atoms with Gasteiger partial charge in [-0.15, -0.1) is 0 Å². The summed E-state index contributed by atoms with van der Waals surface area (Å²) >= 11 is 0. The van der Waals surface area contributed by atoms with E-state index in [2.05, 4.69) is 18.2 Å². The predicted molar refractivity (Wildman–Crippen MR) is 59.7 cm³/mol. The number of hydrogen-bond acceptors (Lipinski definition) is 2. The summed E-state index contributed by atoms with van der Waals surface area (Å²) in [6.45, 7) is 0. The number of nitrogens with two attached hydrogens (primary N) is 1. The van der Waals surface area contributed by atoms with Gasteiger partial charge < -0.3 is 5.73 Å². The van der Waals surface area contributed by atoms with E-state index in [9.17, 15) is 0 Å². The van der Waals surface area contributed by atoms with Gasteiger partial charge in [0, 0.05) is 24.2 Å². The molecule has 0 atom stereocenters. The summed E-state index contributed by atoms with van der Waals surface area (Å²) in [7, 11) is 2.05. The topological polar surface area (TPSA) is 43.8 Å². The maximum absolute atomic E-state index is 6.09. The Kier molecular flexibility index (Phi) is 1.93. The molecule has 2 N–H and O–H groups in total. The summed E-state index contributed by atoms with van der Waals surface area (Å²) in [4.78, 5) is 0. The zero-order chi connectivity index (χ0) is 10.5. The van der Waals surface area contributed by atoms with E-state index in [-0.39, 0.29) is 5.54 Å². The van der Waals surface area contributed by atoms with Crippen LogP contribution in [0.2, 0.25) is 0 Å². The lowest BCUT2D eigenvalue weighted by Gasteiger charge is -2.07. The molecular weight excluding hydrogens is 186 g/mol. The highest BCUT2D eigenvalue weighted by Crippen LogP contribution is 2.40. The molecule has 0 aromatic carbocycles. The zero-order valence-electron chi connectivity index (χ0n) is 9.37. The fraction of sp³-hybridized carbons (Fsp3) is 0.750. The average molecular weight is 205 g/mol. The Morgan fingerprint density at radius 3 is 2.87 bits per heavy atom. The Morgan fingerprint density at radius 2 is 2.27 bits per heavy atom. The molecule has 3 heteroatoms. The van der Waals surface area contributed by atoms with Crippen LogP contribution in [0.15, 0.2) is 6.07 Å². The van der Waals surface area contributed by atoms with Crippen LogP contribution in [0.25, 0.3) is 0 Å². The molecule has 3 nitrogen and oxygen atoms in total. The monoisotopic (exact) mass is 205 g/mol. The zero-order valence-corrected chi connectivity index (χ0v) is 9.37. The Hall–Kier alpha value is -0.830. The third-order valence-electron chi connectivity index (χ3n) is 3.76. The van der Waals surface area contributed by atoms with Gasteiger partial charge in [0.05, 0.1) is 5.69 Å². The van der Waals surface area contributed by atoms with Crippen LogP contribution in [0.5, 0.6) is 0 Å². The standard InChI is InChI=1S/C12H19N3/c1-15-10(4-5-12(13)6-7-12)8-11(14-15)9-2-3-9/h8-9H,2-7,13H2,1H3. The molecule has 0 spiro atoms. The van der Waals surface area contributed by atoms with Crippen molar-refractivity contribution in [2.75, 3.05) is 0 Å². The third-order valence-corrected chi connectivity index (χ3v) is 3.76. The highest BCUT2D eigenvalue weighted by Gasteiger charge is 2.37. The van der Waals surface area contributed by atoms with E-state index < -0.39 is 0 Å². The minimum absolute atomic E-state index is 0.171. The van der Waals surface area contributed by atoms with Crippen molar-refractivity contribution in [3.05, 3.63) is 17.5 Å². The summed E-state index contributed by atoms with van der Waals surface area (Å²) in [5, 5.41) is 4.57. The molecule has 82 valence electrons. The SMILES string of the molecule is Cn1nc(C2CC2)cc1CCC1(N)CC1. The quantitative estimate of drug-likeness (QED) is 0.813. The van der Waals surface area contributed by atoms with E-state index in [1.165, 1.54) is 37.1 Å². The van der Waals surface area contributed by atoms with Crippen LogP contribution >= 0.6 is 0 Å². The lowest BCUT2D eigenvalue weighted by molar-refractivity contribution is 0.582. The van der Waals surface area contributed by atoms with Crippen LogP contribution in [0.3, 0.4) is 0 Å². The minimum atomic E-state index is 0.171. The number of rotatable bonds is 4. The lowest BCUT2D eigenvalue weighted by Crippen LogP contribution is -2.22. The van der Waals surface area contributed by atoms with Crippen molar-refractivity contribution >= 4 is 0 Å². The van der Waals surface area contributed by atoms with Crippen LogP contribution in [0, 0.1) is 0 Å². The van der Waals surface area contributed by atoms with Crippen molar-refractivity contribution in [1.29, 1.82) is 0 Å². The van der Waals surface area contributed by atoms with E-state index in [0.717, 1.165) is 18.8 Å². The molecule has 2 aliphatic carbocycles. The minimum Gasteiger partial charge on any atom is -0.325 e. The fourth-order valence-corrected chi connectivity index (χ4v) is 2.13. The molecule has 3 rings (SSSR count). The van der Waals surface area contributed by atoms with Gasteiger partial charge in [-0.05, 0) is 44.6 Å². The van der Waals surface area contributed by atoms with E-state index >= 15 is 0 Å². The number of hydrogen-bond donors (Lipinski definition) is 1. The molecule has 1 aromatic rings. The molecule has 0 unspecified atom stereocenters. The van der Waals surface area contributed by atoms with E-state index in [0.29, 0.717) is 0 Å². The molecule has 0 saturated heterocycles. The van der Waals surface area contributed by atoms with Crippen LogP contribution in [-0.4, -0.2) is 15.3 Å². The fourth-order valence-electron chi connectivity index (χ4n) is 2.13. The normalized spacial score (nSPS) is 23.1. The Morgan fingerprint density at radius 1 is 1.53 bits per heavy atom. The molecule has 2 saturated carbocycles. The number of aryl methyl sites for hydroxylation is 2. The van der Waals surface area contributed by atoms with Gasteiger partial charge in [-0.2, -0.15) is 5.10 Å². The van der Waals surface area contributed by atoms with Crippen molar-refractivity contribution in [1.82, 2.24) is 9.78 Å². The Labute approximate surface area is 90.7 Å².